The van der Waals surface area contributed by atoms with Crippen LogP contribution in [0.25, 0.3) is 0 Å². The number of carbonyl (C=O) groups excluding carboxylic acids is 2. The van der Waals surface area contributed by atoms with Crippen LogP contribution in [0.2, 0.25) is 0 Å². The molecule has 1 unspecified atom stereocenters. The number of carbonyl (C=O) groups is 2. The summed E-state index contributed by atoms with van der Waals surface area (Å²) in [6.07, 6.45) is 1.68. The van der Waals surface area contributed by atoms with E-state index in [0.29, 0.717) is 17.9 Å². The van der Waals surface area contributed by atoms with Crippen LogP contribution in [-0.2, 0) is 16.1 Å². The standard InChI is InChI=1S/C11H17N3O3/c1-4-14-6-8(12)5-9(14)10(15)13-7(2)11(16)17-3/h5-7H,4,12H2,1-3H3,(H,13,15). The summed E-state index contributed by atoms with van der Waals surface area (Å²) in [5, 5.41) is 2.55. The number of hydrogen-bond acceptors (Lipinski definition) is 4. The van der Waals surface area contributed by atoms with Gasteiger partial charge in [-0.15, -0.1) is 0 Å². The van der Waals surface area contributed by atoms with Gasteiger partial charge in [-0.25, -0.2) is 4.79 Å². The Balaban J connectivity index is 2.79. The predicted octanol–water partition coefficient (Wildman–Crippen LogP) is 0.381. The molecule has 0 aliphatic rings. The number of hydrogen-bond donors (Lipinski definition) is 2. The number of methoxy groups -OCH3 is 1. The van der Waals surface area contributed by atoms with Crippen molar-refractivity contribution in [1.29, 1.82) is 0 Å². The Morgan fingerprint density at radius 2 is 2.24 bits per heavy atom. The highest BCUT2D eigenvalue weighted by Gasteiger charge is 2.19. The third kappa shape index (κ3) is 2.99. The van der Waals surface area contributed by atoms with Crippen molar-refractivity contribution in [3.8, 4) is 0 Å². The fraction of sp³-hybridized carbons (Fsp3) is 0.455. The molecular formula is C11H17N3O3. The Morgan fingerprint density at radius 3 is 2.76 bits per heavy atom. The number of aromatic nitrogens is 1. The lowest BCUT2D eigenvalue weighted by Crippen LogP contribution is -2.39. The number of ether oxygens (including phenoxy) is 1. The van der Waals surface area contributed by atoms with Crippen LogP contribution >= 0.6 is 0 Å². The Labute approximate surface area is 99.7 Å². The first-order valence-electron chi connectivity index (χ1n) is 5.34. The van der Waals surface area contributed by atoms with Crippen LogP contribution in [0, 0.1) is 0 Å². The summed E-state index contributed by atoms with van der Waals surface area (Å²) in [5.74, 6) is -0.831. The van der Waals surface area contributed by atoms with E-state index in [2.05, 4.69) is 10.1 Å². The van der Waals surface area contributed by atoms with Gasteiger partial charge in [0.15, 0.2) is 0 Å². The molecule has 1 aromatic rings. The van der Waals surface area contributed by atoms with Crippen molar-refractivity contribution in [3.63, 3.8) is 0 Å². The topological polar surface area (TPSA) is 86.4 Å². The minimum Gasteiger partial charge on any atom is -0.467 e. The van der Waals surface area contributed by atoms with Crippen molar-refractivity contribution in [2.75, 3.05) is 12.8 Å². The number of esters is 1. The molecule has 94 valence electrons. The van der Waals surface area contributed by atoms with E-state index in [1.54, 1.807) is 23.8 Å². The second kappa shape index (κ2) is 5.38. The van der Waals surface area contributed by atoms with Crippen LogP contribution in [0.1, 0.15) is 24.3 Å². The zero-order valence-electron chi connectivity index (χ0n) is 10.2. The van der Waals surface area contributed by atoms with Gasteiger partial charge in [-0.3, -0.25) is 4.79 Å². The van der Waals surface area contributed by atoms with E-state index < -0.39 is 12.0 Å². The third-order valence-electron chi connectivity index (χ3n) is 2.39. The lowest BCUT2D eigenvalue weighted by Gasteiger charge is -2.12. The number of nitrogens with two attached hydrogens (primary N) is 1. The molecule has 17 heavy (non-hydrogen) atoms. The summed E-state index contributed by atoms with van der Waals surface area (Å²) in [4.78, 5) is 23.0. The maximum absolute atomic E-state index is 11.9. The molecule has 0 aliphatic carbocycles. The SMILES string of the molecule is CCn1cc(N)cc1C(=O)NC(C)C(=O)OC. The maximum Gasteiger partial charge on any atom is 0.328 e. The second-order valence-corrected chi connectivity index (χ2v) is 3.66. The van der Waals surface area contributed by atoms with E-state index in [1.165, 1.54) is 7.11 Å². The molecule has 0 aliphatic heterocycles. The second-order valence-electron chi connectivity index (χ2n) is 3.66. The number of rotatable bonds is 4. The number of aryl methyl sites for hydroxylation is 1. The van der Waals surface area contributed by atoms with Crippen LogP contribution in [-0.4, -0.2) is 29.6 Å². The van der Waals surface area contributed by atoms with Gasteiger partial charge in [0.05, 0.1) is 12.8 Å². The van der Waals surface area contributed by atoms with Gasteiger partial charge in [0.25, 0.3) is 5.91 Å². The highest BCUT2D eigenvalue weighted by molar-refractivity contribution is 5.96. The Morgan fingerprint density at radius 1 is 1.59 bits per heavy atom. The van der Waals surface area contributed by atoms with Crippen LogP contribution in [0.15, 0.2) is 12.3 Å². The smallest absolute Gasteiger partial charge is 0.328 e. The molecule has 1 heterocycles. The zero-order valence-corrected chi connectivity index (χ0v) is 10.2. The monoisotopic (exact) mass is 239 g/mol. The summed E-state index contributed by atoms with van der Waals surface area (Å²) < 4.78 is 6.24. The van der Waals surface area contributed by atoms with Crippen LogP contribution in [0.5, 0.6) is 0 Å². The maximum atomic E-state index is 11.9. The number of amides is 1. The van der Waals surface area contributed by atoms with Crippen molar-refractivity contribution < 1.29 is 14.3 Å². The van der Waals surface area contributed by atoms with Gasteiger partial charge in [0.2, 0.25) is 0 Å². The molecule has 0 saturated heterocycles. The van der Waals surface area contributed by atoms with Gasteiger partial charge >= 0.3 is 5.97 Å². The van der Waals surface area contributed by atoms with Gasteiger partial charge < -0.3 is 20.4 Å². The zero-order chi connectivity index (χ0) is 13.0. The third-order valence-corrected chi connectivity index (χ3v) is 2.39. The fourth-order valence-corrected chi connectivity index (χ4v) is 1.49. The molecule has 1 amide bonds. The van der Waals surface area contributed by atoms with Crippen LogP contribution < -0.4 is 11.1 Å². The first-order valence-corrected chi connectivity index (χ1v) is 5.34. The molecule has 6 nitrogen and oxygen atoms in total. The summed E-state index contributed by atoms with van der Waals surface area (Å²) in [6.45, 7) is 4.10. The van der Waals surface area contributed by atoms with Crippen LogP contribution in [0.4, 0.5) is 5.69 Å². The molecular weight excluding hydrogens is 222 g/mol. The Kier molecular flexibility index (Phi) is 4.14. The van der Waals surface area contributed by atoms with E-state index in [1.807, 2.05) is 6.92 Å². The molecule has 0 saturated carbocycles. The highest BCUT2D eigenvalue weighted by Crippen LogP contribution is 2.10. The largest absolute Gasteiger partial charge is 0.467 e. The summed E-state index contributed by atoms with van der Waals surface area (Å²) in [5.41, 5.74) is 6.56. The van der Waals surface area contributed by atoms with E-state index in [4.69, 9.17) is 5.73 Å². The van der Waals surface area contributed by atoms with E-state index in [9.17, 15) is 9.59 Å². The average molecular weight is 239 g/mol. The van der Waals surface area contributed by atoms with Crippen LogP contribution in [0.3, 0.4) is 0 Å². The number of nitrogens with zero attached hydrogens (tertiary/aromatic N) is 1. The molecule has 0 aromatic carbocycles. The van der Waals surface area contributed by atoms with Crippen molar-refractivity contribution in [2.45, 2.75) is 26.4 Å². The van der Waals surface area contributed by atoms with E-state index in [-0.39, 0.29) is 5.91 Å². The van der Waals surface area contributed by atoms with E-state index in [0.717, 1.165) is 0 Å². The summed E-state index contributed by atoms with van der Waals surface area (Å²) in [6, 6.07) is 0.886. The molecule has 6 heteroatoms. The Hall–Kier alpha value is -1.98. The highest BCUT2D eigenvalue weighted by atomic mass is 16.5. The Bertz CT molecular complexity index is 426. The molecule has 0 fully saturated rings. The summed E-state index contributed by atoms with van der Waals surface area (Å²) in [7, 11) is 1.28. The van der Waals surface area contributed by atoms with Gasteiger partial charge in [-0.2, -0.15) is 0 Å². The van der Waals surface area contributed by atoms with Gasteiger partial charge in [0.1, 0.15) is 11.7 Å². The lowest BCUT2D eigenvalue weighted by molar-refractivity contribution is -0.142. The molecule has 1 aromatic heterocycles. The van der Waals surface area contributed by atoms with Gasteiger partial charge in [-0.05, 0) is 19.9 Å². The van der Waals surface area contributed by atoms with Crippen molar-refractivity contribution in [1.82, 2.24) is 9.88 Å². The fourth-order valence-electron chi connectivity index (χ4n) is 1.49. The molecule has 0 bridgehead atoms. The number of nitrogen functional groups attached to an aromatic ring is 1. The molecule has 0 spiro atoms. The van der Waals surface area contributed by atoms with Crippen molar-refractivity contribution in [2.24, 2.45) is 0 Å². The van der Waals surface area contributed by atoms with Crippen molar-refractivity contribution >= 4 is 17.6 Å². The van der Waals surface area contributed by atoms with E-state index >= 15 is 0 Å². The first kappa shape index (κ1) is 13.1. The average Bonchev–Trinajstić information content (AvgIpc) is 2.69. The number of nitrogens with one attached hydrogen (secondary N) is 1. The minimum absolute atomic E-state index is 0.346. The van der Waals surface area contributed by atoms with Crippen molar-refractivity contribution in [3.05, 3.63) is 18.0 Å². The van der Waals surface area contributed by atoms with Gasteiger partial charge in [-0.1, -0.05) is 0 Å². The van der Waals surface area contributed by atoms with Gasteiger partial charge in [0, 0.05) is 12.7 Å². The molecule has 1 rings (SSSR count). The lowest BCUT2D eigenvalue weighted by atomic mass is 10.3. The minimum atomic E-state index is -0.686. The summed E-state index contributed by atoms with van der Waals surface area (Å²) >= 11 is 0. The quantitative estimate of drug-likeness (QED) is 0.744. The molecule has 1 atom stereocenters. The first-order chi connectivity index (χ1) is 7.99. The normalized spacial score (nSPS) is 11.9. The number of anilines is 1. The molecule has 0 radical (unpaired) electrons. The predicted molar refractivity (Wildman–Crippen MR) is 63.5 cm³/mol. The molecule has 3 N–H and O–H groups in total.